The molecule has 1 N–H and O–H groups in total. The van der Waals surface area contributed by atoms with E-state index in [0.29, 0.717) is 5.41 Å². The molecule has 4 unspecified atom stereocenters. The largest absolute Gasteiger partial charge is 0.314 e. The molecule has 3 aliphatic carbocycles. The smallest absolute Gasteiger partial charge is 0.0103 e. The van der Waals surface area contributed by atoms with E-state index in [1.54, 1.807) is 0 Å². The molecule has 3 rings (SSSR count). The molecule has 82 valence electrons. The lowest BCUT2D eigenvalue weighted by atomic mass is 9.44. The summed E-state index contributed by atoms with van der Waals surface area (Å²) < 4.78 is 0. The number of hydrogen-bond acceptors (Lipinski definition) is 1. The summed E-state index contributed by atoms with van der Waals surface area (Å²) in [6, 6.07) is 0.810. The van der Waals surface area contributed by atoms with Crippen molar-refractivity contribution in [1.29, 1.82) is 0 Å². The first-order valence-corrected chi connectivity index (χ1v) is 6.30. The first-order valence-electron chi connectivity index (χ1n) is 6.30. The molecule has 3 saturated carbocycles. The second-order valence-corrected chi connectivity index (χ2v) is 6.04. The molecule has 1 nitrogen and oxygen atoms in total. The van der Waals surface area contributed by atoms with Gasteiger partial charge in [0.05, 0.1) is 0 Å². The van der Waals surface area contributed by atoms with Crippen molar-refractivity contribution >= 4 is 0 Å². The van der Waals surface area contributed by atoms with Gasteiger partial charge in [0.1, 0.15) is 0 Å². The van der Waals surface area contributed by atoms with Crippen LogP contribution in [0, 0.1) is 23.2 Å². The SMILES string of the molecule is CCCNC1CC(C)C2CC1C2(C)C. The lowest BCUT2D eigenvalue weighted by Crippen LogP contribution is -2.61. The molecule has 2 bridgehead atoms. The van der Waals surface area contributed by atoms with Gasteiger partial charge < -0.3 is 5.32 Å². The quantitative estimate of drug-likeness (QED) is 0.730. The molecular weight excluding hydrogens is 170 g/mol. The molecule has 1 heteroatoms. The second-order valence-electron chi connectivity index (χ2n) is 6.04. The highest BCUT2D eigenvalue weighted by molar-refractivity contribution is 5.08. The van der Waals surface area contributed by atoms with Crippen molar-refractivity contribution in [2.45, 2.75) is 53.0 Å². The van der Waals surface area contributed by atoms with E-state index >= 15 is 0 Å². The van der Waals surface area contributed by atoms with E-state index in [2.05, 4.69) is 33.0 Å². The molecule has 3 fully saturated rings. The van der Waals surface area contributed by atoms with Crippen LogP contribution in [0.2, 0.25) is 0 Å². The van der Waals surface area contributed by atoms with E-state index in [1.807, 2.05) is 0 Å². The number of rotatable bonds is 3. The van der Waals surface area contributed by atoms with Crippen LogP contribution in [-0.4, -0.2) is 12.6 Å². The molecule has 0 aromatic carbocycles. The average molecular weight is 195 g/mol. The Balaban J connectivity index is 1.99. The van der Waals surface area contributed by atoms with Crippen LogP contribution in [0.15, 0.2) is 0 Å². The van der Waals surface area contributed by atoms with Gasteiger partial charge in [-0.1, -0.05) is 27.7 Å². The third-order valence-electron chi connectivity index (χ3n) is 4.87. The van der Waals surface area contributed by atoms with Gasteiger partial charge in [-0.2, -0.15) is 0 Å². The molecule has 0 aromatic heterocycles. The van der Waals surface area contributed by atoms with E-state index in [1.165, 1.54) is 25.8 Å². The van der Waals surface area contributed by atoms with E-state index in [4.69, 9.17) is 0 Å². The molecule has 0 aliphatic heterocycles. The summed E-state index contributed by atoms with van der Waals surface area (Å²) in [4.78, 5) is 0. The average Bonchev–Trinajstić information content (AvgIpc) is 2.13. The van der Waals surface area contributed by atoms with E-state index in [-0.39, 0.29) is 0 Å². The number of fused-ring (bicyclic) bond motifs is 2. The highest BCUT2D eigenvalue weighted by atomic mass is 14.9. The zero-order valence-corrected chi connectivity index (χ0v) is 10.1. The van der Waals surface area contributed by atoms with Crippen LogP contribution in [0.5, 0.6) is 0 Å². The Morgan fingerprint density at radius 3 is 2.43 bits per heavy atom. The minimum atomic E-state index is 0.614. The summed E-state index contributed by atoms with van der Waals surface area (Å²) >= 11 is 0. The highest BCUT2D eigenvalue weighted by Gasteiger charge is 2.56. The van der Waals surface area contributed by atoms with Gasteiger partial charge in [0, 0.05) is 6.04 Å². The minimum Gasteiger partial charge on any atom is -0.314 e. The molecule has 0 radical (unpaired) electrons. The first-order chi connectivity index (χ1) is 6.57. The summed E-state index contributed by atoms with van der Waals surface area (Å²) in [5.41, 5.74) is 0.614. The first kappa shape index (κ1) is 10.5. The van der Waals surface area contributed by atoms with Crippen LogP contribution >= 0.6 is 0 Å². The lowest BCUT2D eigenvalue weighted by molar-refractivity contribution is -0.119. The molecule has 0 aromatic rings. The Bertz CT molecular complexity index is 209. The Kier molecular flexibility index (Phi) is 2.63. The Labute approximate surface area is 88.7 Å². The third-order valence-corrected chi connectivity index (χ3v) is 4.87. The molecule has 3 aliphatic rings. The number of nitrogens with one attached hydrogen (secondary N) is 1. The predicted octanol–water partition coefficient (Wildman–Crippen LogP) is 3.06. The van der Waals surface area contributed by atoms with Crippen molar-refractivity contribution in [3.63, 3.8) is 0 Å². The summed E-state index contributed by atoms with van der Waals surface area (Å²) in [6.45, 7) is 10.9. The summed E-state index contributed by atoms with van der Waals surface area (Å²) in [5.74, 6) is 2.90. The van der Waals surface area contributed by atoms with Gasteiger partial charge in [-0.3, -0.25) is 0 Å². The Morgan fingerprint density at radius 1 is 1.21 bits per heavy atom. The van der Waals surface area contributed by atoms with Gasteiger partial charge >= 0.3 is 0 Å². The van der Waals surface area contributed by atoms with Crippen molar-refractivity contribution in [2.24, 2.45) is 23.2 Å². The Hall–Kier alpha value is -0.0400. The van der Waals surface area contributed by atoms with Crippen molar-refractivity contribution in [3.05, 3.63) is 0 Å². The summed E-state index contributed by atoms with van der Waals surface area (Å²) in [7, 11) is 0. The standard InChI is InChI=1S/C13H25N/c1-5-6-14-12-7-9(2)10-8-11(12)13(10,3)4/h9-12,14H,5-8H2,1-4H3. The zero-order chi connectivity index (χ0) is 10.3. The topological polar surface area (TPSA) is 12.0 Å². The fourth-order valence-electron chi connectivity index (χ4n) is 3.93. The lowest BCUT2D eigenvalue weighted by Gasteiger charge is -2.63. The monoisotopic (exact) mass is 195 g/mol. The molecule has 0 amide bonds. The summed E-state index contributed by atoms with van der Waals surface area (Å²) in [6.07, 6.45) is 4.16. The van der Waals surface area contributed by atoms with Crippen LogP contribution < -0.4 is 5.32 Å². The maximum Gasteiger partial charge on any atom is 0.0103 e. The van der Waals surface area contributed by atoms with Crippen molar-refractivity contribution in [3.8, 4) is 0 Å². The fourth-order valence-corrected chi connectivity index (χ4v) is 3.93. The van der Waals surface area contributed by atoms with Crippen molar-refractivity contribution in [1.82, 2.24) is 5.32 Å². The van der Waals surface area contributed by atoms with Gasteiger partial charge in [-0.25, -0.2) is 0 Å². The van der Waals surface area contributed by atoms with Crippen LogP contribution in [-0.2, 0) is 0 Å². The molecule has 0 heterocycles. The highest BCUT2D eigenvalue weighted by Crippen LogP contribution is 2.61. The molecule has 4 atom stereocenters. The molecular formula is C13H25N. The molecule has 14 heavy (non-hydrogen) atoms. The fraction of sp³-hybridized carbons (Fsp3) is 1.00. The predicted molar refractivity (Wildman–Crippen MR) is 61.2 cm³/mol. The maximum atomic E-state index is 3.74. The van der Waals surface area contributed by atoms with Crippen LogP contribution in [0.3, 0.4) is 0 Å². The van der Waals surface area contributed by atoms with Gasteiger partial charge in [-0.05, 0) is 49.0 Å². The van der Waals surface area contributed by atoms with Crippen LogP contribution in [0.4, 0.5) is 0 Å². The van der Waals surface area contributed by atoms with Gasteiger partial charge in [0.2, 0.25) is 0 Å². The maximum absolute atomic E-state index is 3.74. The minimum absolute atomic E-state index is 0.614. The Morgan fingerprint density at radius 2 is 1.93 bits per heavy atom. The number of hydrogen-bond donors (Lipinski definition) is 1. The van der Waals surface area contributed by atoms with Crippen LogP contribution in [0.25, 0.3) is 0 Å². The summed E-state index contributed by atoms with van der Waals surface area (Å²) in [5, 5.41) is 3.74. The normalized spacial score (nSPS) is 44.6. The van der Waals surface area contributed by atoms with Crippen molar-refractivity contribution < 1.29 is 0 Å². The zero-order valence-electron chi connectivity index (χ0n) is 10.1. The molecule has 0 saturated heterocycles. The second kappa shape index (κ2) is 3.52. The van der Waals surface area contributed by atoms with Gasteiger partial charge in [0.25, 0.3) is 0 Å². The third kappa shape index (κ3) is 1.41. The van der Waals surface area contributed by atoms with Crippen LogP contribution in [0.1, 0.15) is 47.0 Å². The molecule has 0 spiro atoms. The van der Waals surface area contributed by atoms with Crippen molar-refractivity contribution in [2.75, 3.05) is 6.54 Å². The van der Waals surface area contributed by atoms with E-state index < -0.39 is 0 Å². The van der Waals surface area contributed by atoms with E-state index in [9.17, 15) is 0 Å². The van der Waals surface area contributed by atoms with Gasteiger partial charge in [0.15, 0.2) is 0 Å². The van der Waals surface area contributed by atoms with Gasteiger partial charge in [-0.15, -0.1) is 0 Å². The van der Waals surface area contributed by atoms with E-state index in [0.717, 1.165) is 23.8 Å².